The molecule has 0 bridgehead atoms. The van der Waals surface area contributed by atoms with Crippen LogP contribution < -0.4 is 4.90 Å². The highest BCUT2D eigenvalue weighted by Crippen LogP contribution is 2.33. The molecule has 1 aromatic heterocycles. The van der Waals surface area contributed by atoms with Crippen molar-refractivity contribution in [3.8, 4) is 0 Å². The Kier molecular flexibility index (Phi) is 4.46. The first-order valence-electron chi connectivity index (χ1n) is 6.11. The van der Waals surface area contributed by atoms with Crippen molar-refractivity contribution in [1.82, 2.24) is 9.88 Å². The van der Waals surface area contributed by atoms with Crippen molar-refractivity contribution in [1.29, 1.82) is 0 Å². The van der Waals surface area contributed by atoms with E-state index in [1.165, 1.54) is 0 Å². The van der Waals surface area contributed by atoms with Gasteiger partial charge in [0.15, 0.2) is 10.8 Å². The maximum absolute atomic E-state index is 12.5. The van der Waals surface area contributed by atoms with Crippen molar-refractivity contribution < 1.29 is 13.2 Å². The predicted octanol–water partition coefficient (Wildman–Crippen LogP) is 2.86. The number of nitrogens with zero attached hydrogens (tertiary/aromatic N) is 3. The fourth-order valence-corrected chi connectivity index (χ4v) is 2.95. The minimum Gasteiger partial charge on any atom is -0.347 e. The van der Waals surface area contributed by atoms with Crippen molar-refractivity contribution in [2.45, 2.75) is 12.6 Å². The number of halogens is 3. The van der Waals surface area contributed by atoms with Crippen LogP contribution in [0, 0.1) is 0 Å². The molecule has 3 nitrogen and oxygen atoms in total. The number of anilines is 1. The number of hydrogen-bond donors (Lipinski definition) is 0. The van der Waals surface area contributed by atoms with Crippen molar-refractivity contribution in [3.05, 3.63) is 23.7 Å². The molecule has 1 fully saturated rings. The van der Waals surface area contributed by atoms with Gasteiger partial charge in [-0.15, -0.1) is 17.9 Å². The Balaban J connectivity index is 2.02. The van der Waals surface area contributed by atoms with E-state index in [2.05, 4.69) is 16.5 Å². The van der Waals surface area contributed by atoms with E-state index in [4.69, 9.17) is 0 Å². The average Bonchev–Trinajstić information content (AvgIpc) is 2.72. The van der Waals surface area contributed by atoms with Crippen molar-refractivity contribution >= 4 is 16.5 Å². The van der Waals surface area contributed by atoms with E-state index in [9.17, 15) is 13.2 Å². The molecule has 0 spiro atoms. The molecule has 106 valence electrons. The molecular weight excluding hydrogens is 275 g/mol. The summed E-state index contributed by atoms with van der Waals surface area (Å²) in [4.78, 5) is 7.87. The van der Waals surface area contributed by atoms with Gasteiger partial charge in [0.05, 0.1) is 0 Å². The number of aromatic nitrogens is 1. The molecule has 7 heteroatoms. The second-order valence-electron chi connectivity index (χ2n) is 4.44. The smallest absolute Gasteiger partial charge is 0.347 e. The SMILES string of the molecule is C=CCN1CCCN(c2nc(C(F)(F)F)cs2)CC1. The first-order chi connectivity index (χ1) is 9.00. The van der Waals surface area contributed by atoms with Crippen molar-refractivity contribution in [3.63, 3.8) is 0 Å². The molecule has 1 saturated heterocycles. The van der Waals surface area contributed by atoms with Gasteiger partial charge in [0.2, 0.25) is 0 Å². The molecule has 0 aliphatic carbocycles. The highest BCUT2D eigenvalue weighted by Gasteiger charge is 2.34. The number of thiazole rings is 1. The minimum atomic E-state index is -4.35. The summed E-state index contributed by atoms with van der Waals surface area (Å²) >= 11 is 1.06. The molecule has 1 aliphatic rings. The fraction of sp³-hybridized carbons (Fsp3) is 0.583. The Hall–Kier alpha value is -1.08. The monoisotopic (exact) mass is 291 g/mol. The van der Waals surface area contributed by atoms with Crippen LogP contribution in [-0.2, 0) is 6.18 Å². The largest absolute Gasteiger partial charge is 0.434 e. The summed E-state index contributed by atoms with van der Waals surface area (Å²) in [6.07, 6.45) is -1.58. The minimum absolute atomic E-state index is 0.466. The Morgan fingerprint density at radius 2 is 2.11 bits per heavy atom. The van der Waals surface area contributed by atoms with Gasteiger partial charge >= 0.3 is 6.18 Å². The summed E-state index contributed by atoms with van der Waals surface area (Å²) in [5.41, 5.74) is -0.792. The second-order valence-corrected chi connectivity index (χ2v) is 5.28. The van der Waals surface area contributed by atoms with Gasteiger partial charge < -0.3 is 4.90 Å². The van der Waals surface area contributed by atoms with E-state index in [-0.39, 0.29) is 0 Å². The van der Waals surface area contributed by atoms with Gasteiger partial charge in [-0.05, 0) is 6.42 Å². The summed E-state index contributed by atoms with van der Waals surface area (Å²) in [7, 11) is 0. The van der Waals surface area contributed by atoms with Crippen LogP contribution >= 0.6 is 11.3 Å². The lowest BCUT2D eigenvalue weighted by Gasteiger charge is -2.20. The number of rotatable bonds is 3. The van der Waals surface area contributed by atoms with E-state index < -0.39 is 11.9 Å². The Morgan fingerprint density at radius 1 is 1.32 bits per heavy atom. The van der Waals surface area contributed by atoms with Crippen LogP contribution in [-0.4, -0.2) is 42.6 Å². The molecule has 2 heterocycles. The normalized spacial score (nSPS) is 18.4. The molecule has 2 rings (SSSR count). The zero-order valence-corrected chi connectivity index (χ0v) is 11.3. The van der Waals surface area contributed by atoms with Gasteiger partial charge in [0, 0.05) is 38.1 Å². The third kappa shape index (κ3) is 3.70. The summed E-state index contributed by atoms with van der Waals surface area (Å²) in [5.74, 6) is 0. The highest BCUT2D eigenvalue weighted by molar-refractivity contribution is 7.13. The third-order valence-electron chi connectivity index (χ3n) is 3.03. The fourth-order valence-electron chi connectivity index (χ4n) is 2.07. The lowest BCUT2D eigenvalue weighted by Crippen LogP contribution is -2.30. The van der Waals surface area contributed by atoms with Crippen LogP contribution in [0.1, 0.15) is 12.1 Å². The molecular formula is C12H16F3N3S. The summed E-state index contributed by atoms with van der Waals surface area (Å²) in [6, 6.07) is 0. The van der Waals surface area contributed by atoms with Gasteiger partial charge in [-0.1, -0.05) is 6.08 Å². The molecule has 0 atom stereocenters. The maximum atomic E-state index is 12.5. The zero-order chi connectivity index (χ0) is 13.9. The quantitative estimate of drug-likeness (QED) is 0.798. The van der Waals surface area contributed by atoms with E-state index in [1.807, 2.05) is 11.0 Å². The zero-order valence-electron chi connectivity index (χ0n) is 10.5. The molecule has 1 aliphatic heterocycles. The molecule has 0 radical (unpaired) electrons. The number of hydrogen-bond acceptors (Lipinski definition) is 4. The van der Waals surface area contributed by atoms with Crippen LogP contribution in [0.15, 0.2) is 18.0 Å². The van der Waals surface area contributed by atoms with Crippen LogP contribution in [0.25, 0.3) is 0 Å². The molecule has 0 saturated carbocycles. The van der Waals surface area contributed by atoms with E-state index in [1.54, 1.807) is 0 Å². The molecule has 0 unspecified atom stereocenters. The van der Waals surface area contributed by atoms with E-state index >= 15 is 0 Å². The van der Waals surface area contributed by atoms with Crippen LogP contribution in [0.5, 0.6) is 0 Å². The van der Waals surface area contributed by atoms with Gasteiger partial charge in [0.1, 0.15) is 0 Å². The highest BCUT2D eigenvalue weighted by atomic mass is 32.1. The molecule has 19 heavy (non-hydrogen) atoms. The summed E-state index contributed by atoms with van der Waals surface area (Å²) in [5, 5.41) is 1.55. The van der Waals surface area contributed by atoms with Crippen molar-refractivity contribution in [2.75, 3.05) is 37.6 Å². The standard InChI is InChI=1S/C12H16F3N3S/c1-2-4-17-5-3-6-18(8-7-17)11-16-10(9-19-11)12(13,14)15/h2,9H,1,3-8H2. The van der Waals surface area contributed by atoms with Gasteiger partial charge in [-0.3, -0.25) is 4.90 Å². The van der Waals surface area contributed by atoms with Crippen LogP contribution in [0.3, 0.4) is 0 Å². The first kappa shape index (κ1) is 14.3. The molecule has 0 N–H and O–H groups in total. The Labute approximate surface area is 114 Å². The first-order valence-corrected chi connectivity index (χ1v) is 6.99. The molecule has 0 amide bonds. The average molecular weight is 291 g/mol. The Morgan fingerprint density at radius 3 is 2.74 bits per heavy atom. The van der Waals surface area contributed by atoms with Gasteiger partial charge in [-0.2, -0.15) is 13.2 Å². The van der Waals surface area contributed by atoms with E-state index in [0.29, 0.717) is 11.7 Å². The van der Waals surface area contributed by atoms with E-state index in [0.717, 1.165) is 49.3 Å². The Bertz CT molecular complexity index is 430. The second kappa shape index (κ2) is 5.92. The topological polar surface area (TPSA) is 19.4 Å². The summed E-state index contributed by atoms with van der Waals surface area (Å²) < 4.78 is 37.6. The predicted molar refractivity (Wildman–Crippen MR) is 70.6 cm³/mol. The molecule has 1 aromatic rings. The van der Waals surface area contributed by atoms with Gasteiger partial charge in [0.25, 0.3) is 0 Å². The van der Waals surface area contributed by atoms with Gasteiger partial charge in [-0.25, -0.2) is 4.98 Å². The van der Waals surface area contributed by atoms with Crippen LogP contribution in [0.2, 0.25) is 0 Å². The van der Waals surface area contributed by atoms with Crippen LogP contribution in [0.4, 0.5) is 18.3 Å². The molecule has 0 aromatic carbocycles. The number of alkyl halides is 3. The lowest BCUT2D eigenvalue weighted by molar-refractivity contribution is -0.140. The summed E-state index contributed by atoms with van der Waals surface area (Å²) in [6.45, 7) is 7.75. The lowest BCUT2D eigenvalue weighted by atomic mass is 10.4. The third-order valence-corrected chi connectivity index (χ3v) is 3.93. The van der Waals surface area contributed by atoms with Crippen molar-refractivity contribution in [2.24, 2.45) is 0 Å². The maximum Gasteiger partial charge on any atom is 0.434 e.